The summed E-state index contributed by atoms with van der Waals surface area (Å²) in [4.78, 5) is 24.8. The number of hydrogen-bond acceptors (Lipinski definition) is 5. The number of nitrogens with one attached hydrogen (secondary N) is 1. The summed E-state index contributed by atoms with van der Waals surface area (Å²) in [5.41, 5.74) is 1.07. The number of ether oxygens (including phenoxy) is 1. The lowest BCUT2D eigenvalue weighted by atomic mass is 9.89. The van der Waals surface area contributed by atoms with Crippen LogP contribution in [0.25, 0.3) is 0 Å². The van der Waals surface area contributed by atoms with Gasteiger partial charge in [0.05, 0.1) is 22.3 Å². The number of carbonyl (C=O) groups is 1. The minimum Gasteiger partial charge on any atom is -0.378 e. The molecule has 0 spiro atoms. The molecule has 1 aromatic carbocycles. The van der Waals surface area contributed by atoms with E-state index in [9.17, 15) is 14.9 Å². The first-order valence-corrected chi connectivity index (χ1v) is 8.47. The second kappa shape index (κ2) is 7.17. The molecule has 2 saturated heterocycles. The maximum atomic E-state index is 12.1. The molecule has 24 heavy (non-hydrogen) atoms. The topological polar surface area (TPSA) is 84.7 Å². The van der Waals surface area contributed by atoms with Crippen molar-refractivity contribution in [1.29, 1.82) is 0 Å². The smallest absolute Gasteiger partial charge is 0.270 e. The zero-order valence-corrected chi connectivity index (χ0v) is 13.9. The second-order valence-corrected chi connectivity index (χ2v) is 6.41. The number of nitrogens with zero attached hydrogens (tertiary/aromatic N) is 2. The molecule has 1 amide bonds. The summed E-state index contributed by atoms with van der Waals surface area (Å²) in [5, 5.41) is 13.6. The third-order valence-corrected chi connectivity index (χ3v) is 5.03. The maximum absolute atomic E-state index is 12.1. The first-order chi connectivity index (χ1) is 11.6. The molecule has 2 aliphatic heterocycles. The van der Waals surface area contributed by atoms with Gasteiger partial charge in [0.25, 0.3) is 11.6 Å². The number of rotatable bonds is 4. The summed E-state index contributed by atoms with van der Waals surface area (Å²) >= 11 is 0. The molecule has 0 bridgehead atoms. The molecular formula is C17H23N3O4. The number of benzene rings is 1. The summed E-state index contributed by atoms with van der Waals surface area (Å²) < 4.78 is 5.80. The van der Waals surface area contributed by atoms with Crippen LogP contribution < -0.4 is 10.2 Å². The Bertz CT molecular complexity index is 620. The van der Waals surface area contributed by atoms with E-state index in [1.54, 1.807) is 6.07 Å². The van der Waals surface area contributed by atoms with Crippen LogP contribution in [0, 0.1) is 16.0 Å². The van der Waals surface area contributed by atoms with Gasteiger partial charge < -0.3 is 15.0 Å². The highest BCUT2D eigenvalue weighted by molar-refractivity contribution is 6.00. The van der Waals surface area contributed by atoms with E-state index in [1.807, 2.05) is 0 Å². The van der Waals surface area contributed by atoms with E-state index in [0.717, 1.165) is 51.1 Å². The highest BCUT2D eigenvalue weighted by Crippen LogP contribution is 2.33. The highest BCUT2D eigenvalue weighted by atomic mass is 16.6. The maximum Gasteiger partial charge on any atom is 0.270 e. The number of nitro groups is 1. The van der Waals surface area contributed by atoms with Gasteiger partial charge >= 0.3 is 0 Å². The summed E-state index contributed by atoms with van der Waals surface area (Å²) in [6.07, 6.45) is 4.71. The van der Waals surface area contributed by atoms with Gasteiger partial charge in [-0.2, -0.15) is 0 Å². The van der Waals surface area contributed by atoms with Crippen LogP contribution in [0.5, 0.6) is 0 Å². The molecule has 2 heterocycles. The van der Waals surface area contributed by atoms with Gasteiger partial charge in [-0.1, -0.05) is 0 Å². The number of nitro benzene ring substituents is 1. The normalized spacial score (nSPS) is 21.7. The Morgan fingerprint density at radius 1 is 1.33 bits per heavy atom. The fraction of sp³-hybridized carbons (Fsp3) is 0.588. The number of hydrogen-bond donors (Lipinski definition) is 1. The average molecular weight is 333 g/mol. The number of non-ortho nitro benzene ring substituents is 1. The highest BCUT2D eigenvalue weighted by Gasteiger charge is 2.30. The minimum atomic E-state index is -0.472. The number of carbonyl (C=O) groups excluding carboxylic acids is 1. The van der Waals surface area contributed by atoms with Gasteiger partial charge in [0.2, 0.25) is 0 Å². The molecule has 7 nitrogen and oxygen atoms in total. The molecule has 1 unspecified atom stereocenters. The standard InChI is InChI=1S/C17H23N3O4/c1-18-17(21)14-11-13(20(22)23)4-5-15(14)19-8-6-12(7-9-19)16-3-2-10-24-16/h4-5,11-12,16H,2-3,6-10H2,1H3,(H,18,21). The molecule has 1 aromatic rings. The monoisotopic (exact) mass is 333 g/mol. The van der Waals surface area contributed by atoms with Gasteiger partial charge in [-0.05, 0) is 37.7 Å². The van der Waals surface area contributed by atoms with Crippen LogP contribution in [0.1, 0.15) is 36.0 Å². The Balaban J connectivity index is 1.76. The van der Waals surface area contributed by atoms with Gasteiger partial charge in [0.15, 0.2) is 0 Å². The molecule has 1 atom stereocenters. The Hall–Kier alpha value is -2.15. The predicted molar refractivity (Wildman–Crippen MR) is 90.4 cm³/mol. The molecular weight excluding hydrogens is 310 g/mol. The zero-order chi connectivity index (χ0) is 17.1. The molecule has 1 N–H and O–H groups in total. The number of amides is 1. The Kier molecular flexibility index (Phi) is 4.99. The number of piperidine rings is 1. The van der Waals surface area contributed by atoms with Crippen LogP contribution in [0.15, 0.2) is 18.2 Å². The largest absolute Gasteiger partial charge is 0.378 e. The van der Waals surface area contributed by atoms with Crippen LogP contribution in [-0.2, 0) is 4.74 Å². The SMILES string of the molecule is CNC(=O)c1cc([N+](=O)[O-])ccc1N1CCC(C2CCCO2)CC1. The summed E-state index contributed by atoms with van der Waals surface area (Å²) in [5.74, 6) is 0.278. The number of anilines is 1. The molecule has 7 heteroatoms. The van der Waals surface area contributed by atoms with Crippen molar-refractivity contribution in [1.82, 2.24) is 5.32 Å². The van der Waals surface area contributed by atoms with Crippen LogP contribution in [0.3, 0.4) is 0 Å². The lowest BCUT2D eigenvalue weighted by Gasteiger charge is -2.36. The summed E-state index contributed by atoms with van der Waals surface area (Å²) in [6, 6.07) is 4.52. The molecule has 130 valence electrons. The first-order valence-electron chi connectivity index (χ1n) is 8.47. The van der Waals surface area contributed by atoms with Crippen LogP contribution in [0.4, 0.5) is 11.4 Å². The van der Waals surface area contributed by atoms with E-state index < -0.39 is 4.92 Å². The fourth-order valence-corrected chi connectivity index (χ4v) is 3.72. The average Bonchev–Trinajstić information content (AvgIpc) is 3.15. The van der Waals surface area contributed by atoms with Crippen molar-refractivity contribution in [3.63, 3.8) is 0 Å². The molecule has 2 aliphatic rings. The van der Waals surface area contributed by atoms with E-state index in [-0.39, 0.29) is 11.6 Å². The van der Waals surface area contributed by atoms with Crippen LogP contribution in [-0.4, -0.2) is 43.7 Å². The molecule has 0 aromatic heterocycles. The van der Waals surface area contributed by atoms with Crippen LogP contribution >= 0.6 is 0 Å². The zero-order valence-electron chi connectivity index (χ0n) is 13.9. The molecule has 0 radical (unpaired) electrons. The molecule has 0 saturated carbocycles. The molecule has 3 rings (SSSR count). The van der Waals surface area contributed by atoms with E-state index in [1.165, 1.54) is 19.2 Å². The van der Waals surface area contributed by atoms with Gasteiger partial charge in [-0.25, -0.2) is 0 Å². The van der Waals surface area contributed by atoms with Crippen molar-refractivity contribution in [2.45, 2.75) is 31.8 Å². The van der Waals surface area contributed by atoms with Crippen molar-refractivity contribution >= 4 is 17.3 Å². The lowest BCUT2D eigenvalue weighted by Crippen LogP contribution is -2.38. The van der Waals surface area contributed by atoms with E-state index >= 15 is 0 Å². The second-order valence-electron chi connectivity index (χ2n) is 6.41. The predicted octanol–water partition coefficient (Wildman–Crippen LogP) is 2.35. The lowest BCUT2D eigenvalue weighted by molar-refractivity contribution is -0.384. The Labute approximate surface area is 141 Å². The van der Waals surface area contributed by atoms with E-state index in [2.05, 4.69) is 10.2 Å². The van der Waals surface area contributed by atoms with Crippen molar-refractivity contribution in [3.8, 4) is 0 Å². The quantitative estimate of drug-likeness (QED) is 0.675. The fourth-order valence-electron chi connectivity index (χ4n) is 3.72. The summed E-state index contributed by atoms with van der Waals surface area (Å²) in [7, 11) is 1.54. The van der Waals surface area contributed by atoms with Crippen molar-refractivity contribution in [2.75, 3.05) is 31.6 Å². The molecule has 2 fully saturated rings. The third-order valence-electron chi connectivity index (χ3n) is 5.03. The Morgan fingerprint density at radius 2 is 2.08 bits per heavy atom. The first kappa shape index (κ1) is 16.7. The molecule has 0 aliphatic carbocycles. The van der Waals surface area contributed by atoms with Gasteiger partial charge in [-0.15, -0.1) is 0 Å². The third kappa shape index (κ3) is 3.36. The van der Waals surface area contributed by atoms with Crippen molar-refractivity contribution in [2.24, 2.45) is 5.92 Å². The van der Waals surface area contributed by atoms with E-state index in [0.29, 0.717) is 17.6 Å². The van der Waals surface area contributed by atoms with Crippen molar-refractivity contribution in [3.05, 3.63) is 33.9 Å². The Morgan fingerprint density at radius 3 is 2.67 bits per heavy atom. The van der Waals surface area contributed by atoms with E-state index in [4.69, 9.17) is 4.74 Å². The van der Waals surface area contributed by atoms with Crippen LogP contribution in [0.2, 0.25) is 0 Å². The van der Waals surface area contributed by atoms with Gasteiger partial charge in [0, 0.05) is 38.9 Å². The van der Waals surface area contributed by atoms with Crippen molar-refractivity contribution < 1.29 is 14.5 Å². The van der Waals surface area contributed by atoms with Gasteiger partial charge in [0.1, 0.15) is 0 Å². The van der Waals surface area contributed by atoms with Gasteiger partial charge in [-0.3, -0.25) is 14.9 Å². The summed E-state index contributed by atoms with van der Waals surface area (Å²) in [6.45, 7) is 2.55. The minimum absolute atomic E-state index is 0.0633.